The van der Waals surface area contributed by atoms with E-state index in [-0.39, 0.29) is 5.91 Å². The summed E-state index contributed by atoms with van der Waals surface area (Å²) >= 11 is 0. The molecule has 1 aromatic carbocycles. The largest absolute Gasteiger partial charge is 0.384 e. The minimum absolute atomic E-state index is 0.0963. The number of nitrogens with one attached hydrogen (secondary N) is 1. The molecule has 0 atom stereocenters. The molecular formula is C14H22N2O2. The molecular weight excluding hydrogens is 228 g/mol. The quantitative estimate of drug-likeness (QED) is 0.802. The number of rotatable bonds is 7. The van der Waals surface area contributed by atoms with Crippen LogP contribution in [0.4, 0.5) is 5.69 Å². The highest BCUT2D eigenvalue weighted by Gasteiger charge is 2.07. The Morgan fingerprint density at radius 3 is 2.78 bits per heavy atom. The molecule has 0 aromatic heterocycles. The monoisotopic (exact) mass is 250 g/mol. The number of anilines is 1. The maximum atomic E-state index is 11.7. The Kier molecular flexibility index (Phi) is 6.22. The first kappa shape index (κ1) is 14.5. The Morgan fingerprint density at radius 2 is 2.11 bits per heavy atom. The van der Waals surface area contributed by atoms with Gasteiger partial charge in [0.05, 0.1) is 13.2 Å². The van der Waals surface area contributed by atoms with E-state index in [1.54, 1.807) is 19.1 Å². The Bertz CT molecular complexity index is 380. The average molecular weight is 250 g/mol. The lowest BCUT2D eigenvalue weighted by molar-refractivity contribution is -0.127. The van der Waals surface area contributed by atoms with Gasteiger partial charge in [-0.05, 0) is 25.0 Å². The number of carbonyl (C=O) groups excluding carboxylic acids is 1. The fraction of sp³-hybridized carbons (Fsp3) is 0.500. The number of benzene rings is 1. The van der Waals surface area contributed by atoms with Crippen LogP contribution in [0.25, 0.3) is 0 Å². The molecule has 0 aliphatic carbocycles. The van der Waals surface area contributed by atoms with Crippen LogP contribution < -0.4 is 5.32 Å². The minimum Gasteiger partial charge on any atom is -0.384 e. The molecule has 1 rings (SSSR count). The van der Waals surface area contributed by atoms with E-state index in [2.05, 4.69) is 11.4 Å². The van der Waals surface area contributed by atoms with E-state index in [4.69, 9.17) is 4.74 Å². The maximum absolute atomic E-state index is 11.7. The van der Waals surface area contributed by atoms with Gasteiger partial charge in [0.1, 0.15) is 0 Å². The van der Waals surface area contributed by atoms with Crippen LogP contribution in [0.3, 0.4) is 0 Å². The summed E-state index contributed by atoms with van der Waals surface area (Å²) in [5.41, 5.74) is 2.18. The molecule has 0 aliphatic rings. The summed E-state index contributed by atoms with van der Waals surface area (Å²) < 4.78 is 5.08. The molecule has 0 heterocycles. The molecule has 0 radical (unpaired) electrons. The van der Waals surface area contributed by atoms with Crippen LogP contribution >= 0.6 is 0 Å². The lowest BCUT2D eigenvalue weighted by Crippen LogP contribution is -2.32. The van der Waals surface area contributed by atoms with Gasteiger partial charge in [0.25, 0.3) is 0 Å². The number of nitrogens with zero attached hydrogens (tertiary/aromatic N) is 1. The summed E-state index contributed by atoms with van der Waals surface area (Å²) in [4.78, 5) is 13.4. The van der Waals surface area contributed by atoms with Crippen molar-refractivity contribution >= 4 is 11.6 Å². The first-order valence-electron chi connectivity index (χ1n) is 6.23. The summed E-state index contributed by atoms with van der Waals surface area (Å²) in [5.74, 6) is 0.0963. The van der Waals surface area contributed by atoms with Crippen LogP contribution in [-0.2, 0) is 16.0 Å². The van der Waals surface area contributed by atoms with Crippen molar-refractivity contribution in [2.75, 3.05) is 39.2 Å². The molecule has 100 valence electrons. The third kappa shape index (κ3) is 4.37. The van der Waals surface area contributed by atoms with Gasteiger partial charge < -0.3 is 15.0 Å². The van der Waals surface area contributed by atoms with Gasteiger partial charge in [-0.15, -0.1) is 0 Å². The zero-order valence-corrected chi connectivity index (χ0v) is 11.4. The highest BCUT2D eigenvalue weighted by atomic mass is 16.5. The summed E-state index contributed by atoms with van der Waals surface area (Å²) in [7, 11) is 3.50. The third-order valence-electron chi connectivity index (χ3n) is 2.92. The molecule has 1 amide bonds. The molecule has 1 N–H and O–H groups in total. The van der Waals surface area contributed by atoms with Crippen LogP contribution in [-0.4, -0.2) is 44.7 Å². The van der Waals surface area contributed by atoms with Gasteiger partial charge in [0, 0.05) is 26.4 Å². The van der Waals surface area contributed by atoms with Crippen LogP contribution in [0, 0.1) is 0 Å². The van der Waals surface area contributed by atoms with Crippen molar-refractivity contribution < 1.29 is 9.53 Å². The summed E-state index contributed by atoms with van der Waals surface area (Å²) in [6.07, 6.45) is 0.845. The highest BCUT2D eigenvalue weighted by molar-refractivity contribution is 5.80. The predicted octanol–water partition coefficient (Wildman–Crippen LogP) is 1.77. The second-order valence-electron chi connectivity index (χ2n) is 4.16. The van der Waals surface area contributed by atoms with Crippen molar-refractivity contribution in [3.05, 3.63) is 29.8 Å². The van der Waals surface area contributed by atoms with E-state index in [9.17, 15) is 4.79 Å². The molecule has 0 unspecified atom stereocenters. The standard InChI is InChI=1S/C14H22N2O2/c1-4-16(2)14(17)11-15-13-8-6-5-7-12(13)9-10-18-3/h5-8,15H,4,9-11H2,1-3H3. The Hall–Kier alpha value is -1.55. The van der Waals surface area contributed by atoms with Crippen LogP contribution in [0.5, 0.6) is 0 Å². The maximum Gasteiger partial charge on any atom is 0.241 e. The van der Waals surface area contributed by atoms with Gasteiger partial charge in [-0.2, -0.15) is 0 Å². The molecule has 0 saturated carbocycles. The zero-order chi connectivity index (χ0) is 13.4. The number of hydrogen-bond donors (Lipinski definition) is 1. The Morgan fingerprint density at radius 1 is 1.39 bits per heavy atom. The molecule has 4 heteroatoms. The number of carbonyl (C=O) groups is 1. The fourth-order valence-electron chi connectivity index (χ4n) is 1.60. The van der Waals surface area contributed by atoms with E-state index in [1.807, 2.05) is 25.1 Å². The fourth-order valence-corrected chi connectivity index (χ4v) is 1.60. The van der Waals surface area contributed by atoms with Crippen molar-refractivity contribution in [3.63, 3.8) is 0 Å². The summed E-state index contributed by atoms with van der Waals surface area (Å²) in [6.45, 7) is 3.70. The van der Waals surface area contributed by atoms with E-state index < -0.39 is 0 Å². The Labute approximate surface area is 109 Å². The number of para-hydroxylation sites is 1. The number of likely N-dealkylation sites (N-methyl/N-ethyl adjacent to an activating group) is 1. The van der Waals surface area contributed by atoms with Crippen LogP contribution in [0.2, 0.25) is 0 Å². The molecule has 0 bridgehead atoms. The predicted molar refractivity (Wildman–Crippen MR) is 73.8 cm³/mol. The van der Waals surface area contributed by atoms with Crippen molar-refractivity contribution in [1.82, 2.24) is 4.90 Å². The molecule has 0 fully saturated rings. The lowest BCUT2D eigenvalue weighted by Gasteiger charge is -2.16. The minimum atomic E-state index is 0.0963. The van der Waals surface area contributed by atoms with Crippen LogP contribution in [0.1, 0.15) is 12.5 Å². The van der Waals surface area contributed by atoms with Gasteiger partial charge in [-0.1, -0.05) is 18.2 Å². The molecule has 0 spiro atoms. The second kappa shape index (κ2) is 7.71. The average Bonchev–Trinajstić information content (AvgIpc) is 2.42. The van der Waals surface area contributed by atoms with Gasteiger partial charge in [0.2, 0.25) is 5.91 Å². The topological polar surface area (TPSA) is 41.6 Å². The van der Waals surface area contributed by atoms with E-state index >= 15 is 0 Å². The first-order valence-corrected chi connectivity index (χ1v) is 6.23. The van der Waals surface area contributed by atoms with Crippen molar-refractivity contribution in [1.29, 1.82) is 0 Å². The van der Waals surface area contributed by atoms with Crippen molar-refractivity contribution in [2.24, 2.45) is 0 Å². The van der Waals surface area contributed by atoms with Crippen molar-refractivity contribution in [2.45, 2.75) is 13.3 Å². The van der Waals surface area contributed by atoms with Crippen LogP contribution in [0.15, 0.2) is 24.3 Å². The number of ether oxygens (including phenoxy) is 1. The number of hydrogen-bond acceptors (Lipinski definition) is 3. The molecule has 4 nitrogen and oxygen atoms in total. The first-order chi connectivity index (χ1) is 8.69. The zero-order valence-electron chi connectivity index (χ0n) is 11.4. The molecule has 0 aliphatic heterocycles. The highest BCUT2D eigenvalue weighted by Crippen LogP contribution is 2.15. The molecule has 18 heavy (non-hydrogen) atoms. The SMILES string of the molecule is CCN(C)C(=O)CNc1ccccc1CCOC. The summed E-state index contributed by atoms with van der Waals surface area (Å²) in [6, 6.07) is 8.00. The number of amides is 1. The third-order valence-corrected chi connectivity index (χ3v) is 2.92. The molecule has 1 aromatic rings. The van der Waals surface area contributed by atoms with E-state index in [1.165, 1.54) is 5.56 Å². The van der Waals surface area contributed by atoms with Gasteiger partial charge in [-0.3, -0.25) is 4.79 Å². The second-order valence-corrected chi connectivity index (χ2v) is 4.16. The molecule has 0 saturated heterocycles. The smallest absolute Gasteiger partial charge is 0.241 e. The van der Waals surface area contributed by atoms with Gasteiger partial charge in [-0.25, -0.2) is 0 Å². The Balaban J connectivity index is 2.58. The van der Waals surface area contributed by atoms with E-state index in [0.29, 0.717) is 13.2 Å². The van der Waals surface area contributed by atoms with Gasteiger partial charge in [0.15, 0.2) is 0 Å². The summed E-state index contributed by atoms with van der Waals surface area (Å²) in [5, 5.41) is 3.19. The van der Waals surface area contributed by atoms with Crippen molar-refractivity contribution in [3.8, 4) is 0 Å². The lowest BCUT2D eigenvalue weighted by atomic mass is 10.1. The normalized spacial score (nSPS) is 10.2. The number of methoxy groups -OCH3 is 1. The van der Waals surface area contributed by atoms with E-state index in [0.717, 1.165) is 18.7 Å². The van der Waals surface area contributed by atoms with Gasteiger partial charge >= 0.3 is 0 Å².